The topological polar surface area (TPSA) is 27.3 Å². The minimum Gasteiger partial charge on any atom is -0.317 e. The van der Waals surface area contributed by atoms with Crippen LogP contribution in [0.1, 0.15) is 13.8 Å². The summed E-state index contributed by atoms with van der Waals surface area (Å²) in [6, 6.07) is 0. The lowest BCUT2D eigenvalue weighted by atomic mass is 10.4. The van der Waals surface area contributed by atoms with Crippen LogP contribution in [0.4, 0.5) is 0 Å². The maximum absolute atomic E-state index is 3.27. The highest BCUT2D eigenvalue weighted by Gasteiger charge is 2.01. The lowest BCUT2D eigenvalue weighted by molar-refractivity contribution is 0.291. The van der Waals surface area contributed by atoms with Crippen molar-refractivity contribution in [1.82, 2.24) is 15.5 Å². The summed E-state index contributed by atoms with van der Waals surface area (Å²) in [6.45, 7) is 11.1. The van der Waals surface area contributed by atoms with Gasteiger partial charge in [-0.05, 0) is 20.1 Å². The summed E-state index contributed by atoms with van der Waals surface area (Å²) in [5, 5.41) is 6.38. The van der Waals surface area contributed by atoms with Crippen LogP contribution in [0.3, 0.4) is 0 Å². The molecule has 1 fully saturated rings. The first kappa shape index (κ1) is 11.9. The van der Waals surface area contributed by atoms with Crippen molar-refractivity contribution >= 4 is 0 Å². The van der Waals surface area contributed by atoms with E-state index in [1.165, 1.54) is 13.1 Å². The van der Waals surface area contributed by atoms with Crippen molar-refractivity contribution in [3.05, 3.63) is 0 Å². The molecule has 3 heteroatoms. The minimum atomic E-state index is 1.09. The Morgan fingerprint density at radius 2 is 1.67 bits per heavy atom. The van der Waals surface area contributed by atoms with E-state index in [2.05, 4.69) is 36.4 Å². The van der Waals surface area contributed by atoms with Gasteiger partial charge < -0.3 is 15.5 Å². The lowest BCUT2D eigenvalue weighted by Gasteiger charge is -2.21. The van der Waals surface area contributed by atoms with E-state index in [1.807, 2.05) is 0 Å². The molecule has 0 spiro atoms. The van der Waals surface area contributed by atoms with Gasteiger partial charge in [-0.15, -0.1) is 0 Å². The van der Waals surface area contributed by atoms with Gasteiger partial charge in [0.05, 0.1) is 0 Å². The van der Waals surface area contributed by atoms with Gasteiger partial charge in [0, 0.05) is 26.2 Å². The molecule has 1 heterocycles. The quantitative estimate of drug-likeness (QED) is 0.622. The Balaban J connectivity index is 0.000000217. The molecule has 1 rings (SSSR count). The average molecular weight is 173 g/mol. The number of hydrogen-bond donors (Lipinski definition) is 2. The van der Waals surface area contributed by atoms with E-state index < -0.39 is 0 Å². The first-order valence-electron chi connectivity index (χ1n) is 4.91. The highest BCUT2D eigenvalue weighted by Crippen LogP contribution is 1.83. The molecule has 0 saturated carbocycles. The van der Waals surface area contributed by atoms with Crippen LogP contribution in [0, 0.1) is 0 Å². The standard InChI is InChI=1S/C5H12N2.C4H11N/c1-7-4-2-6-3-5-7;1-3-5-4-2/h6H,2-5H2,1H3;5H,3-4H2,1-2H3. The molecule has 1 aliphatic heterocycles. The molecule has 0 aliphatic carbocycles. The average Bonchev–Trinajstić information content (AvgIpc) is 2.08. The second-order valence-corrected chi connectivity index (χ2v) is 3.01. The normalized spacial score (nSPS) is 18.2. The number of rotatable bonds is 2. The number of piperazine rings is 1. The van der Waals surface area contributed by atoms with Crippen molar-refractivity contribution in [3.63, 3.8) is 0 Å². The van der Waals surface area contributed by atoms with Gasteiger partial charge in [-0.25, -0.2) is 0 Å². The second kappa shape index (κ2) is 8.97. The zero-order valence-electron chi connectivity index (χ0n) is 8.69. The van der Waals surface area contributed by atoms with Crippen molar-refractivity contribution < 1.29 is 0 Å². The summed E-state index contributed by atoms with van der Waals surface area (Å²) < 4.78 is 0. The summed E-state index contributed by atoms with van der Waals surface area (Å²) >= 11 is 0. The Morgan fingerprint density at radius 3 is 1.83 bits per heavy atom. The molecule has 2 N–H and O–H groups in total. The fourth-order valence-electron chi connectivity index (χ4n) is 1.03. The van der Waals surface area contributed by atoms with E-state index in [9.17, 15) is 0 Å². The fourth-order valence-corrected chi connectivity index (χ4v) is 1.03. The Bertz CT molecular complexity index is 77.8. The van der Waals surface area contributed by atoms with Crippen LogP contribution in [0.25, 0.3) is 0 Å². The summed E-state index contributed by atoms with van der Waals surface area (Å²) in [6.07, 6.45) is 0. The second-order valence-electron chi connectivity index (χ2n) is 3.01. The number of nitrogens with one attached hydrogen (secondary N) is 2. The zero-order chi connectivity index (χ0) is 9.23. The fraction of sp³-hybridized carbons (Fsp3) is 1.00. The molecule has 3 nitrogen and oxygen atoms in total. The van der Waals surface area contributed by atoms with Crippen LogP contribution in [-0.4, -0.2) is 51.2 Å². The third-order valence-electron chi connectivity index (χ3n) is 1.84. The van der Waals surface area contributed by atoms with Gasteiger partial charge in [0.2, 0.25) is 0 Å². The number of nitrogens with zero attached hydrogens (tertiary/aromatic N) is 1. The third kappa shape index (κ3) is 7.98. The minimum absolute atomic E-state index is 1.09. The first-order chi connectivity index (χ1) is 5.81. The highest BCUT2D eigenvalue weighted by atomic mass is 15.2. The third-order valence-corrected chi connectivity index (χ3v) is 1.84. The molecule has 0 aromatic rings. The smallest absolute Gasteiger partial charge is 0.0104 e. The van der Waals surface area contributed by atoms with Gasteiger partial charge >= 0.3 is 0 Å². The van der Waals surface area contributed by atoms with Gasteiger partial charge in [0.15, 0.2) is 0 Å². The van der Waals surface area contributed by atoms with Crippen LogP contribution in [0.5, 0.6) is 0 Å². The maximum atomic E-state index is 3.27. The van der Waals surface area contributed by atoms with Gasteiger partial charge in [-0.1, -0.05) is 13.8 Å². The molecule has 0 bridgehead atoms. The van der Waals surface area contributed by atoms with Crippen LogP contribution in [-0.2, 0) is 0 Å². The highest BCUT2D eigenvalue weighted by molar-refractivity contribution is 4.62. The predicted octanol–water partition coefficient (Wildman–Crippen LogP) is 0.137. The van der Waals surface area contributed by atoms with E-state index in [-0.39, 0.29) is 0 Å². The van der Waals surface area contributed by atoms with E-state index in [4.69, 9.17) is 0 Å². The number of likely N-dealkylation sites (N-methyl/N-ethyl adjacent to an activating group) is 1. The SMILES string of the molecule is CCNCC.CN1CCNCC1. The summed E-state index contributed by atoms with van der Waals surface area (Å²) in [7, 11) is 2.15. The molecule has 1 aliphatic rings. The molecule has 0 unspecified atom stereocenters. The van der Waals surface area contributed by atoms with Crippen LogP contribution >= 0.6 is 0 Å². The zero-order valence-corrected chi connectivity index (χ0v) is 8.69. The van der Waals surface area contributed by atoms with Crippen LogP contribution < -0.4 is 10.6 Å². The monoisotopic (exact) mass is 173 g/mol. The molecule has 0 aromatic carbocycles. The predicted molar refractivity (Wildman–Crippen MR) is 54.6 cm³/mol. The van der Waals surface area contributed by atoms with Crippen molar-refractivity contribution in [2.75, 3.05) is 46.3 Å². The van der Waals surface area contributed by atoms with Gasteiger partial charge in [0.25, 0.3) is 0 Å². The van der Waals surface area contributed by atoms with E-state index in [0.29, 0.717) is 0 Å². The molecule has 0 atom stereocenters. The summed E-state index contributed by atoms with van der Waals surface area (Å²) in [5.74, 6) is 0. The van der Waals surface area contributed by atoms with Crippen molar-refractivity contribution in [2.45, 2.75) is 13.8 Å². The van der Waals surface area contributed by atoms with Gasteiger partial charge in [-0.3, -0.25) is 0 Å². The molecular weight excluding hydrogens is 150 g/mol. The molecule has 12 heavy (non-hydrogen) atoms. The largest absolute Gasteiger partial charge is 0.317 e. The Morgan fingerprint density at radius 1 is 1.17 bits per heavy atom. The van der Waals surface area contributed by atoms with Crippen molar-refractivity contribution in [1.29, 1.82) is 0 Å². The van der Waals surface area contributed by atoms with Gasteiger partial charge in [-0.2, -0.15) is 0 Å². The molecule has 74 valence electrons. The summed E-state index contributed by atoms with van der Waals surface area (Å²) in [4.78, 5) is 2.33. The Labute approximate surface area is 76.5 Å². The molecule has 0 aromatic heterocycles. The molecular formula is C9H23N3. The maximum Gasteiger partial charge on any atom is 0.0104 e. The van der Waals surface area contributed by atoms with E-state index >= 15 is 0 Å². The van der Waals surface area contributed by atoms with E-state index in [0.717, 1.165) is 26.2 Å². The molecule has 0 amide bonds. The van der Waals surface area contributed by atoms with Crippen LogP contribution in [0.15, 0.2) is 0 Å². The molecule has 0 radical (unpaired) electrons. The Kier molecular flexibility index (Phi) is 8.88. The van der Waals surface area contributed by atoms with Gasteiger partial charge in [0.1, 0.15) is 0 Å². The number of hydrogen-bond acceptors (Lipinski definition) is 3. The molecule has 1 saturated heterocycles. The lowest BCUT2D eigenvalue weighted by Crippen LogP contribution is -2.40. The first-order valence-corrected chi connectivity index (χ1v) is 4.91. The van der Waals surface area contributed by atoms with E-state index in [1.54, 1.807) is 0 Å². The Hall–Kier alpha value is -0.120. The summed E-state index contributed by atoms with van der Waals surface area (Å²) in [5.41, 5.74) is 0. The van der Waals surface area contributed by atoms with Crippen LogP contribution in [0.2, 0.25) is 0 Å². The van der Waals surface area contributed by atoms with Crippen molar-refractivity contribution in [3.8, 4) is 0 Å². The van der Waals surface area contributed by atoms with Crippen molar-refractivity contribution in [2.24, 2.45) is 0 Å².